The Bertz CT molecular complexity index is 759. The SMILES string of the molecule is Cc1ccc(C(CC(=O)c2ccc(Br)cc2)C(C#N)C(N)=O)o1. The van der Waals surface area contributed by atoms with Crippen molar-refractivity contribution in [2.45, 2.75) is 19.3 Å². The molecule has 0 saturated carbocycles. The number of carbonyl (C=O) groups is 2. The van der Waals surface area contributed by atoms with Crippen LogP contribution in [-0.2, 0) is 4.79 Å². The van der Waals surface area contributed by atoms with Gasteiger partial charge in [0.1, 0.15) is 17.4 Å². The number of primary amides is 1. The van der Waals surface area contributed by atoms with Crippen LogP contribution in [0.25, 0.3) is 0 Å². The van der Waals surface area contributed by atoms with Crippen LogP contribution in [0.2, 0.25) is 0 Å². The number of hydrogen-bond donors (Lipinski definition) is 1. The van der Waals surface area contributed by atoms with Gasteiger partial charge < -0.3 is 10.2 Å². The number of nitriles is 1. The summed E-state index contributed by atoms with van der Waals surface area (Å²) in [6.07, 6.45) is -0.0320. The quantitative estimate of drug-likeness (QED) is 0.783. The van der Waals surface area contributed by atoms with Gasteiger partial charge in [-0.05, 0) is 31.2 Å². The van der Waals surface area contributed by atoms with Crippen molar-refractivity contribution in [3.63, 3.8) is 0 Å². The summed E-state index contributed by atoms with van der Waals surface area (Å²) < 4.78 is 6.38. The topological polar surface area (TPSA) is 97.1 Å². The highest BCUT2D eigenvalue weighted by Gasteiger charge is 2.32. The number of carbonyl (C=O) groups excluding carboxylic acids is 2. The Morgan fingerprint density at radius 2 is 1.91 bits per heavy atom. The van der Waals surface area contributed by atoms with Crippen molar-refractivity contribution in [2.24, 2.45) is 11.7 Å². The molecule has 2 aromatic rings. The maximum Gasteiger partial charge on any atom is 0.235 e. The number of ketones is 1. The van der Waals surface area contributed by atoms with Crippen molar-refractivity contribution in [3.05, 3.63) is 58.0 Å². The zero-order chi connectivity index (χ0) is 17.0. The number of hydrogen-bond acceptors (Lipinski definition) is 4. The minimum atomic E-state index is -1.13. The fraction of sp³-hybridized carbons (Fsp3) is 0.235. The normalized spacial score (nSPS) is 13.1. The molecule has 2 unspecified atom stereocenters. The molecule has 0 aliphatic carbocycles. The van der Waals surface area contributed by atoms with Gasteiger partial charge in [-0.2, -0.15) is 5.26 Å². The van der Waals surface area contributed by atoms with E-state index in [-0.39, 0.29) is 12.2 Å². The molecule has 0 aliphatic heterocycles. The molecule has 6 heteroatoms. The third-order valence-corrected chi connectivity index (χ3v) is 4.07. The van der Waals surface area contributed by atoms with E-state index in [0.717, 1.165) is 4.47 Å². The van der Waals surface area contributed by atoms with Crippen molar-refractivity contribution < 1.29 is 14.0 Å². The van der Waals surface area contributed by atoms with Crippen LogP contribution in [0.3, 0.4) is 0 Å². The Balaban J connectivity index is 2.31. The van der Waals surface area contributed by atoms with E-state index in [9.17, 15) is 14.9 Å². The van der Waals surface area contributed by atoms with Crippen molar-refractivity contribution in [1.29, 1.82) is 5.26 Å². The Kier molecular flexibility index (Phi) is 5.35. The minimum absolute atomic E-state index is 0.0320. The zero-order valence-electron chi connectivity index (χ0n) is 12.5. The predicted molar refractivity (Wildman–Crippen MR) is 87.6 cm³/mol. The molecule has 1 aromatic carbocycles. The van der Waals surface area contributed by atoms with Crippen LogP contribution >= 0.6 is 15.9 Å². The van der Waals surface area contributed by atoms with E-state index in [1.165, 1.54) is 0 Å². The first-order valence-electron chi connectivity index (χ1n) is 6.96. The molecular weight excluding hydrogens is 360 g/mol. The zero-order valence-corrected chi connectivity index (χ0v) is 14.0. The molecule has 0 spiro atoms. The first-order valence-corrected chi connectivity index (χ1v) is 7.75. The third-order valence-electron chi connectivity index (χ3n) is 3.55. The Hall–Kier alpha value is -2.39. The molecule has 0 fully saturated rings. The number of rotatable bonds is 6. The second-order valence-corrected chi connectivity index (χ2v) is 6.11. The molecule has 0 bridgehead atoms. The lowest BCUT2D eigenvalue weighted by molar-refractivity contribution is -0.120. The predicted octanol–water partition coefficient (Wildman–Crippen LogP) is 3.33. The number of halogens is 1. The first kappa shape index (κ1) is 17.0. The molecule has 0 saturated heterocycles. The monoisotopic (exact) mass is 374 g/mol. The van der Waals surface area contributed by atoms with Gasteiger partial charge in [-0.1, -0.05) is 28.1 Å². The van der Waals surface area contributed by atoms with Gasteiger partial charge in [0.05, 0.1) is 6.07 Å². The van der Waals surface area contributed by atoms with Gasteiger partial charge in [0.25, 0.3) is 0 Å². The second kappa shape index (κ2) is 7.25. The lowest BCUT2D eigenvalue weighted by Gasteiger charge is -2.17. The van der Waals surface area contributed by atoms with Gasteiger partial charge in [-0.25, -0.2) is 0 Å². The molecular formula is C17H15BrN2O3. The highest BCUT2D eigenvalue weighted by Crippen LogP contribution is 2.31. The molecule has 0 radical (unpaired) electrons. The Morgan fingerprint density at radius 1 is 1.26 bits per heavy atom. The van der Waals surface area contributed by atoms with Crippen LogP contribution in [0.4, 0.5) is 0 Å². The fourth-order valence-electron chi connectivity index (χ4n) is 2.34. The van der Waals surface area contributed by atoms with Crippen LogP contribution in [-0.4, -0.2) is 11.7 Å². The molecule has 23 heavy (non-hydrogen) atoms. The Labute approximate surface area is 142 Å². The van der Waals surface area contributed by atoms with Crippen LogP contribution in [0.5, 0.6) is 0 Å². The summed E-state index contributed by atoms with van der Waals surface area (Å²) >= 11 is 3.31. The van der Waals surface area contributed by atoms with Gasteiger partial charge in [0, 0.05) is 22.4 Å². The van der Waals surface area contributed by atoms with Crippen LogP contribution < -0.4 is 5.73 Å². The highest BCUT2D eigenvalue weighted by molar-refractivity contribution is 9.10. The van der Waals surface area contributed by atoms with E-state index >= 15 is 0 Å². The highest BCUT2D eigenvalue weighted by atomic mass is 79.9. The van der Waals surface area contributed by atoms with E-state index in [1.54, 1.807) is 43.3 Å². The van der Waals surface area contributed by atoms with Crippen molar-refractivity contribution in [1.82, 2.24) is 0 Å². The molecule has 1 amide bonds. The number of benzene rings is 1. The summed E-state index contributed by atoms with van der Waals surface area (Å²) in [5.74, 6) is -1.73. The summed E-state index contributed by atoms with van der Waals surface area (Å²) in [5, 5.41) is 9.24. The lowest BCUT2D eigenvalue weighted by atomic mass is 9.85. The molecule has 1 heterocycles. The molecule has 0 aliphatic rings. The van der Waals surface area contributed by atoms with Crippen molar-refractivity contribution in [2.75, 3.05) is 0 Å². The largest absolute Gasteiger partial charge is 0.466 e. The van der Waals surface area contributed by atoms with E-state index in [0.29, 0.717) is 17.1 Å². The van der Waals surface area contributed by atoms with Crippen LogP contribution in [0.1, 0.15) is 34.2 Å². The molecule has 2 rings (SSSR count). The van der Waals surface area contributed by atoms with Crippen LogP contribution in [0, 0.1) is 24.2 Å². The number of nitrogens with zero attached hydrogens (tertiary/aromatic N) is 1. The molecule has 5 nitrogen and oxygen atoms in total. The maximum absolute atomic E-state index is 12.5. The van der Waals surface area contributed by atoms with E-state index in [1.807, 2.05) is 6.07 Å². The average Bonchev–Trinajstić information content (AvgIpc) is 2.93. The standard InChI is InChI=1S/C17H15BrN2O3/c1-10-2-7-16(23-10)13(14(9-19)17(20)22)8-15(21)11-3-5-12(18)6-4-11/h2-7,13-14H,8H2,1H3,(H2,20,22). The number of amides is 1. The first-order chi connectivity index (χ1) is 10.9. The van der Waals surface area contributed by atoms with Gasteiger partial charge >= 0.3 is 0 Å². The minimum Gasteiger partial charge on any atom is -0.466 e. The second-order valence-electron chi connectivity index (χ2n) is 5.20. The summed E-state index contributed by atoms with van der Waals surface area (Å²) in [7, 11) is 0. The summed E-state index contributed by atoms with van der Waals surface area (Å²) in [6, 6.07) is 12.2. The molecule has 2 N–H and O–H groups in total. The third kappa shape index (κ3) is 4.08. The Morgan fingerprint density at radius 3 is 2.39 bits per heavy atom. The average molecular weight is 375 g/mol. The van der Waals surface area contributed by atoms with E-state index in [2.05, 4.69) is 15.9 Å². The van der Waals surface area contributed by atoms with E-state index < -0.39 is 17.7 Å². The number of furan rings is 1. The van der Waals surface area contributed by atoms with Crippen molar-refractivity contribution >= 4 is 27.6 Å². The van der Waals surface area contributed by atoms with Crippen LogP contribution in [0.15, 0.2) is 45.3 Å². The van der Waals surface area contributed by atoms with E-state index in [4.69, 9.17) is 10.2 Å². The molecule has 2 atom stereocenters. The fourth-order valence-corrected chi connectivity index (χ4v) is 2.60. The van der Waals surface area contributed by atoms with Gasteiger partial charge in [-0.15, -0.1) is 0 Å². The summed E-state index contributed by atoms with van der Waals surface area (Å²) in [5.41, 5.74) is 5.81. The van der Waals surface area contributed by atoms with Gasteiger partial charge in [-0.3, -0.25) is 9.59 Å². The lowest BCUT2D eigenvalue weighted by Crippen LogP contribution is -2.29. The number of Topliss-reactive ketones (excluding diaryl/α,β-unsaturated/α-hetero) is 1. The molecule has 1 aromatic heterocycles. The van der Waals surface area contributed by atoms with Gasteiger partial charge in [0.15, 0.2) is 5.78 Å². The number of aryl methyl sites for hydroxylation is 1. The smallest absolute Gasteiger partial charge is 0.235 e. The summed E-state index contributed by atoms with van der Waals surface area (Å²) in [4.78, 5) is 24.0. The van der Waals surface area contributed by atoms with Gasteiger partial charge in [0.2, 0.25) is 5.91 Å². The number of nitrogens with two attached hydrogens (primary N) is 1. The molecule has 118 valence electrons. The maximum atomic E-state index is 12.5. The van der Waals surface area contributed by atoms with Crippen molar-refractivity contribution in [3.8, 4) is 6.07 Å². The summed E-state index contributed by atoms with van der Waals surface area (Å²) in [6.45, 7) is 1.75.